The molecule has 2 rings (SSSR count). The predicted molar refractivity (Wildman–Crippen MR) is 96.9 cm³/mol. The highest BCUT2D eigenvalue weighted by molar-refractivity contribution is 6.32. The van der Waals surface area contributed by atoms with Crippen molar-refractivity contribution in [1.82, 2.24) is 5.32 Å². The molecule has 0 spiro atoms. The maximum Gasteiger partial charge on any atom is 0.180 e. The van der Waals surface area contributed by atoms with E-state index in [9.17, 15) is 5.11 Å². The fraction of sp³-hybridized carbons (Fsp3) is 0.368. The fourth-order valence-corrected chi connectivity index (χ4v) is 2.57. The third-order valence-electron chi connectivity index (χ3n) is 3.56. The molecule has 0 fully saturated rings. The molecular formula is C19H24Cl2NO3-. The maximum atomic E-state index is 9.29. The van der Waals surface area contributed by atoms with Crippen molar-refractivity contribution in [2.75, 3.05) is 13.7 Å². The standard InChI is InChI=1S/C19H24ClNO3.ClH/c1-13-4-6-15(7-5-13)12-24-19-17(20)8-16(9-18(19)23-3)11-21-10-14(2)22;/h4-9,14,21-22H,10-12H2,1-3H3;1H/p-1. The van der Waals surface area contributed by atoms with E-state index in [4.69, 9.17) is 21.1 Å². The molecule has 2 aromatic carbocycles. The largest absolute Gasteiger partial charge is 1.00 e. The summed E-state index contributed by atoms with van der Waals surface area (Å²) >= 11 is 6.36. The van der Waals surface area contributed by atoms with E-state index in [1.54, 1.807) is 14.0 Å². The molecule has 0 aliphatic carbocycles. The molecule has 138 valence electrons. The topological polar surface area (TPSA) is 50.7 Å². The molecule has 0 amide bonds. The van der Waals surface area contributed by atoms with E-state index >= 15 is 0 Å². The van der Waals surface area contributed by atoms with Gasteiger partial charge in [-0.25, -0.2) is 0 Å². The van der Waals surface area contributed by atoms with Crippen LogP contribution in [-0.4, -0.2) is 24.9 Å². The van der Waals surface area contributed by atoms with Crippen molar-refractivity contribution in [2.45, 2.75) is 33.1 Å². The molecular weight excluding hydrogens is 361 g/mol. The van der Waals surface area contributed by atoms with Crippen LogP contribution >= 0.6 is 11.6 Å². The van der Waals surface area contributed by atoms with Crippen molar-refractivity contribution in [3.63, 3.8) is 0 Å². The Kier molecular flexibility index (Phi) is 9.08. The molecule has 0 saturated heterocycles. The number of hydrogen-bond donors (Lipinski definition) is 2. The lowest BCUT2D eigenvalue weighted by molar-refractivity contribution is -0.00000771. The molecule has 2 aromatic rings. The van der Waals surface area contributed by atoms with Crippen LogP contribution in [0.15, 0.2) is 36.4 Å². The van der Waals surface area contributed by atoms with Crippen LogP contribution in [0.3, 0.4) is 0 Å². The Hall–Kier alpha value is -1.46. The van der Waals surface area contributed by atoms with Gasteiger partial charge in [-0.3, -0.25) is 0 Å². The summed E-state index contributed by atoms with van der Waals surface area (Å²) in [5.41, 5.74) is 3.25. The second-order valence-corrected chi connectivity index (χ2v) is 6.27. The summed E-state index contributed by atoms with van der Waals surface area (Å²) in [5.74, 6) is 1.14. The van der Waals surface area contributed by atoms with Crippen molar-refractivity contribution < 1.29 is 27.0 Å². The van der Waals surface area contributed by atoms with E-state index < -0.39 is 0 Å². The van der Waals surface area contributed by atoms with Gasteiger partial charge in [-0.1, -0.05) is 41.4 Å². The first-order valence-electron chi connectivity index (χ1n) is 7.93. The van der Waals surface area contributed by atoms with E-state index in [0.29, 0.717) is 36.2 Å². The van der Waals surface area contributed by atoms with Gasteiger partial charge in [-0.15, -0.1) is 0 Å². The zero-order valence-corrected chi connectivity index (χ0v) is 16.2. The zero-order chi connectivity index (χ0) is 17.5. The first kappa shape index (κ1) is 21.6. The lowest BCUT2D eigenvalue weighted by Crippen LogP contribution is -3.00. The van der Waals surface area contributed by atoms with Gasteiger partial charge in [0.15, 0.2) is 11.5 Å². The van der Waals surface area contributed by atoms with Crippen LogP contribution in [0.1, 0.15) is 23.6 Å². The summed E-state index contributed by atoms with van der Waals surface area (Å²) in [6.45, 7) is 5.33. The summed E-state index contributed by atoms with van der Waals surface area (Å²) in [6.07, 6.45) is -0.389. The Bertz CT molecular complexity index is 660. The summed E-state index contributed by atoms with van der Waals surface area (Å²) in [5, 5.41) is 13.0. The van der Waals surface area contributed by atoms with E-state index in [0.717, 1.165) is 11.1 Å². The normalized spacial score (nSPS) is 11.6. The molecule has 0 aliphatic heterocycles. The van der Waals surface area contributed by atoms with Gasteiger partial charge in [0.25, 0.3) is 0 Å². The summed E-state index contributed by atoms with van der Waals surface area (Å²) in [6, 6.07) is 11.9. The number of benzene rings is 2. The molecule has 2 N–H and O–H groups in total. The molecule has 6 heteroatoms. The molecule has 0 saturated carbocycles. The van der Waals surface area contributed by atoms with Crippen LogP contribution in [-0.2, 0) is 13.2 Å². The third kappa shape index (κ3) is 6.75. The maximum absolute atomic E-state index is 9.29. The Morgan fingerprint density at radius 1 is 1.16 bits per heavy atom. The number of nitrogens with one attached hydrogen (secondary N) is 1. The Morgan fingerprint density at radius 3 is 2.44 bits per heavy atom. The summed E-state index contributed by atoms with van der Waals surface area (Å²) in [7, 11) is 1.59. The molecule has 0 radical (unpaired) electrons. The van der Waals surface area contributed by atoms with Gasteiger partial charge in [0.05, 0.1) is 18.2 Å². The molecule has 0 bridgehead atoms. The highest BCUT2D eigenvalue weighted by Gasteiger charge is 2.12. The van der Waals surface area contributed by atoms with Crippen LogP contribution < -0.4 is 27.2 Å². The van der Waals surface area contributed by atoms with E-state index in [-0.39, 0.29) is 18.5 Å². The lowest BCUT2D eigenvalue weighted by atomic mass is 10.1. The molecule has 0 aromatic heterocycles. The highest BCUT2D eigenvalue weighted by atomic mass is 35.5. The fourth-order valence-electron chi connectivity index (χ4n) is 2.28. The number of hydrogen-bond acceptors (Lipinski definition) is 4. The van der Waals surface area contributed by atoms with Crippen LogP contribution in [0.2, 0.25) is 5.02 Å². The number of aryl methyl sites for hydroxylation is 1. The smallest absolute Gasteiger partial charge is 0.180 e. The van der Waals surface area contributed by atoms with Gasteiger partial charge in [-0.05, 0) is 37.1 Å². The SMILES string of the molecule is COc1cc(CNCC(C)O)cc(Cl)c1OCc1ccc(C)cc1.[Cl-]. The van der Waals surface area contributed by atoms with Crippen molar-refractivity contribution in [3.05, 3.63) is 58.1 Å². The summed E-state index contributed by atoms with van der Waals surface area (Å²) < 4.78 is 11.3. The summed E-state index contributed by atoms with van der Waals surface area (Å²) in [4.78, 5) is 0. The average Bonchev–Trinajstić information content (AvgIpc) is 2.54. The average molecular weight is 385 g/mol. The number of aliphatic hydroxyl groups excluding tert-OH is 1. The minimum atomic E-state index is -0.389. The van der Waals surface area contributed by atoms with E-state index in [1.165, 1.54) is 5.56 Å². The van der Waals surface area contributed by atoms with Gasteiger partial charge in [-0.2, -0.15) is 0 Å². The number of aliphatic hydroxyl groups is 1. The first-order chi connectivity index (χ1) is 11.5. The highest BCUT2D eigenvalue weighted by Crippen LogP contribution is 2.37. The van der Waals surface area contributed by atoms with Gasteiger partial charge in [0.1, 0.15) is 6.61 Å². The number of rotatable bonds is 8. The van der Waals surface area contributed by atoms with Gasteiger partial charge in [0.2, 0.25) is 0 Å². The molecule has 1 unspecified atom stereocenters. The number of methoxy groups -OCH3 is 1. The van der Waals surface area contributed by atoms with E-state index in [1.807, 2.05) is 24.3 Å². The van der Waals surface area contributed by atoms with Crippen LogP contribution in [0, 0.1) is 6.92 Å². The zero-order valence-electron chi connectivity index (χ0n) is 14.7. The monoisotopic (exact) mass is 384 g/mol. The minimum Gasteiger partial charge on any atom is -1.00 e. The first-order valence-corrected chi connectivity index (χ1v) is 8.31. The molecule has 1 atom stereocenters. The van der Waals surface area contributed by atoms with Gasteiger partial charge in [0, 0.05) is 13.1 Å². The molecule has 25 heavy (non-hydrogen) atoms. The van der Waals surface area contributed by atoms with Gasteiger partial charge >= 0.3 is 0 Å². The molecule has 0 aliphatic rings. The second-order valence-electron chi connectivity index (χ2n) is 5.86. The third-order valence-corrected chi connectivity index (χ3v) is 3.84. The van der Waals surface area contributed by atoms with Crippen molar-refractivity contribution in [3.8, 4) is 11.5 Å². The van der Waals surface area contributed by atoms with E-state index in [2.05, 4.69) is 24.4 Å². The number of ether oxygens (including phenoxy) is 2. The van der Waals surface area contributed by atoms with Gasteiger partial charge < -0.3 is 32.3 Å². The van der Waals surface area contributed by atoms with Crippen molar-refractivity contribution in [2.24, 2.45) is 0 Å². The molecule has 4 nitrogen and oxygen atoms in total. The van der Waals surface area contributed by atoms with Crippen LogP contribution in [0.5, 0.6) is 11.5 Å². The number of halogens is 2. The Morgan fingerprint density at radius 2 is 1.84 bits per heavy atom. The minimum absolute atomic E-state index is 0. The quantitative estimate of drug-likeness (QED) is 0.703. The lowest BCUT2D eigenvalue weighted by Gasteiger charge is -2.15. The van der Waals surface area contributed by atoms with Crippen molar-refractivity contribution >= 4 is 11.6 Å². The van der Waals surface area contributed by atoms with Crippen molar-refractivity contribution in [1.29, 1.82) is 0 Å². The Labute approximate surface area is 160 Å². The van der Waals surface area contributed by atoms with Crippen LogP contribution in [0.4, 0.5) is 0 Å². The molecule has 0 heterocycles. The predicted octanol–water partition coefficient (Wildman–Crippen LogP) is 0.710. The Balaban J connectivity index is 0.00000312. The second kappa shape index (κ2) is 10.5. The van der Waals surface area contributed by atoms with Crippen LogP contribution in [0.25, 0.3) is 0 Å².